The third-order valence-electron chi connectivity index (χ3n) is 2.78. The fourth-order valence-electron chi connectivity index (χ4n) is 1.74. The molecule has 0 radical (unpaired) electrons. The van der Waals surface area contributed by atoms with Gasteiger partial charge in [-0.15, -0.1) is 10.2 Å². The van der Waals surface area contributed by atoms with Crippen molar-refractivity contribution in [3.05, 3.63) is 29.8 Å². The largest absolute Gasteiger partial charge is 0.390 e. The number of nitrogens with zero attached hydrogens (tertiary/aromatic N) is 3. The Labute approximate surface area is 117 Å². The lowest BCUT2D eigenvalue weighted by molar-refractivity contribution is 0.107. The number of hydrogen-bond donors (Lipinski definition) is 1. The van der Waals surface area contributed by atoms with E-state index in [1.807, 2.05) is 29.8 Å². The molecule has 1 aromatic heterocycles. The smallest absolute Gasteiger partial charge is 0.191 e. The van der Waals surface area contributed by atoms with Gasteiger partial charge < -0.3 is 9.67 Å². The first kappa shape index (κ1) is 14.1. The average Bonchev–Trinajstić information content (AvgIpc) is 2.68. The van der Waals surface area contributed by atoms with Crippen LogP contribution in [0.1, 0.15) is 19.4 Å². The maximum atomic E-state index is 9.76. The van der Waals surface area contributed by atoms with Gasteiger partial charge in [-0.2, -0.15) is 0 Å². The van der Waals surface area contributed by atoms with Crippen LogP contribution in [0.3, 0.4) is 0 Å². The molecule has 2 aromatic rings. The molecule has 1 N–H and O–H groups in total. The molecule has 0 atom stereocenters. The fraction of sp³-hybridized carbons (Fsp3) is 0.429. The Kier molecular flexibility index (Phi) is 3.96. The predicted octanol–water partition coefficient (Wildman–Crippen LogP) is 2.65. The van der Waals surface area contributed by atoms with Gasteiger partial charge in [-0.3, -0.25) is 0 Å². The summed E-state index contributed by atoms with van der Waals surface area (Å²) in [5.41, 5.74) is 1.56. The van der Waals surface area contributed by atoms with Crippen molar-refractivity contribution in [3.8, 4) is 11.4 Å². The van der Waals surface area contributed by atoms with Crippen LogP contribution >= 0.6 is 11.8 Å². The summed E-state index contributed by atoms with van der Waals surface area (Å²) in [6, 6.07) is 8.12. The van der Waals surface area contributed by atoms with Gasteiger partial charge in [-0.25, -0.2) is 0 Å². The summed E-state index contributed by atoms with van der Waals surface area (Å²) in [7, 11) is 1.95. The van der Waals surface area contributed by atoms with E-state index >= 15 is 0 Å². The summed E-state index contributed by atoms with van der Waals surface area (Å²) < 4.78 is 1.97. The molecule has 0 saturated heterocycles. The third-order valence-corrected chi connectivity index (χ3v) is 4.24. The van der Waals surface area contributed by atoms with Crippen molar-refractivity contribution in [2.24, 2.45) is 7.05 Å². The monoisotopic (exact) mass is 277 g/mol. The van der Waals surface area contributed by atoms with Crippen molar-refractivity contribution in [2.45, 2.75) is 31.5 Å². The van der Waals surface area contributed by atoms with E-state index < -0.39 is 5.60 Å². The Morgan fingerprint density at radius 2 is 1.95 bits per heavy atom. The van der Waals surface area contributed by atoms with E-state index in [-0.39, 0.29) is 0 Å². The molecule has 0 spiro atoms. The minimum Gasteiger partial charge on any atom is -0.390 e. The minimum atomic E-state index is -0.709. The highest BCUT2D eigenvalue weighted by molar-refractivity contribution is 7.99. The summed E-state index contributed by atoms with van der Waals surface area (Å²) in [6.07, 6.45) is 0. The second-order valence-electron chi connectivity index (χ2n) is 5.28. The molecule has 0 fully saturated rings. The second-order valence-corrected chi connectivity index (χ2v) is 6.22. The minimum absolute atomic E-state index is 0.590. The number of aryl methyl sites for hydroxylation is 1. The van der Waals surface area contributed by atoms with Crippen molar-refractivity contribution in [1.29, 1.82) is 0 Å². The summed E-state index contributed by atoms with van der Waals surface area (Å²) in [6.45, 7) is 5.64. The van der Waals surface area contributed by atoms with Gasteiger partial charge in [-0.1, -0.05) is 36.0 Å². The molecule has 0 unspecified atom stereocenters. The zero-order chi connectivity index (χ0) is 14.0. The van der Waals surface area contributed by atoms with Gasteiger partial charge in [0, 0.05) is 18.4 Å². The first-order chi connectivity index (χ1) is 8.88. The van der Waals surface area contributed by atoms with Gasteiger partial charge in [0.25, 0.3) is 0 Å². The van der Waals surface area contributed by atoms with Crippen molar-refractivity contribution in [2.75, 3.05) is 5.75 Å². The van der Waals surface area contributed by atoms with Gasteiger partial charge in [0.05, 0.1) is 5.60 Å². The Morgan fingerprint density at radius 1 is 1.26 bits per heavy atom. The van der Waals surface area contributed by atoms with Crippen LogP contribution in [0, 0.1) is 6.92 Å². The van der Waals surface area contributed by atoms with E-state index in [0.29, 0.717) is 5.75 Å². The second kappa shape index (κ2) is 5.35. The summed E-state index contributed by atoms with van der Waals surface area (Å²) in [5, 5.41) is 19.0. The molecule has 0 aliphatic rings. The van der Waals surface area contributed by atoms with Gasteiger partial charge in [0.1, 0.15) is 0 Å². The molecule has 0 bridgehead atoms. The lowest BCUT2D eigenvalue weighted by atomic mass is 10.1. The molecule has 5 heteroatoms. The van der Waals surface area contributed by atoms with E-state index in [4.69, 9.17) is 0 Å². The van der Waals surface area contributed by atoms with Crippen LogP contribution in [0.25, 0.3) is 11.4 Å². The quantitative estimate of drug-likeness (QED) is 0.873. The van der Waals surface area contributed by atoms with Crippen LogP contribution in [0.4, 0.5) is 0 Å². The molecule has 0 amide bonds. The Hall–Kier alpha value is -1.33. The molecule has 1 aromatic carbocycles. The van der Waals surface area contributed by atoms with E-state index in [2.05, 4.69) is 23.2 Å². The first-order valence-corrected chi connectivity index (χ1v) is 7.17. The maximum Gasteiger partial charge on any atom is 0.191 e. The van der Waals surface area contributed by atoms with Crippen molar-refractivity contribution in [1.82, 2.24) is 14.8 Å². The summed E-state index contributed by atoms with van der Waals surface area (Å²) in [5.74, 6) is 1.45. The Bertz CT molecular complexity index is 572. The van der Waals surface area contributed by atoms with Crippen LogP contribution in [-0.4, -0.2) is 31.2 Å². The normalized spacial score (nSPS) is 11.8. The van der Waals surface area contributed by atoms with Crippen molar-refractivity contribution >= 4 is 11.8 Å². The molecule has 102 valence electrons. The van der Waals surface area contributed by atoms with E-state index in [1.54, 1.807) is 13.8 Å². The summed E-state index contributed by atoms with van der Waals surface area (Å²) >= 11 is 1.51. The van der Waals surface area contributed by atoms with Crippen LogP contribution in [0.5, 0.6) is 0 Å². The molecule has 19 heavy (non-hydrogen) atoms. The van der Waals surface area contributed by atoms with Crippen LogP contribution in [-0.2, 0) is 7.05 Å². The lowest BCUT2D eigenvalue weighted by Gasteiger charge is -2.15. The molecular weight excluding hydrogens is 258 g/mol. The SMILES string of the molecule is Cc1ccccc1-c1nnc(SCC(C)(C)O)n1C. The van der Waals surface area contributed by atoms with Gasteiger partial charge in [0.2, 0.25) is 0 Å². The third kappa shape index (κ3) is 3.36. The highest BCUT2D eigenvalue weighted by atomic mass is 32.2. The van der Waals surface area contributed by atoms with Gasteiger partial charge in [-0.05, 0) is 26.3 Å². The predicted molar refractivity (Wildman–Crippen MR) is 78.2 cm³/mol. The van der Waals surface area contributed by atoms with Crippen LogP contribution in [0.15, 0.2) is 29.4 Å². The molecule has 0 saturated carbocycles. The van der Waals surface area contributed by atoms with Crippen LogP contribution < -0.4 is 0 Å². The Balaban J connectivity index is 2.26. The number of aliphatic hydroxyl groups is 1. The molecule has 0 aliphatic heterocycles. The molecule has 2 rings (SSSR count). The topological polar surface area (TPSA) is 50.9 Å². The summed E-state index contributed by atoms with van der Waals surface area (Å²) in [4.78, 5) is 0. The molecule has 4 nitrogen and oxygen atoms in total. The molecular formula is C14H19N3OS. The standard InChI is InChI=1S/C14H19N3OS/c1-10-7-5-6-8-11(10)12-15-16-13(17(12)4)19-9-14(2,3)18/h5-8,18H,9H2,1-4H3. The number of thioether (sulfide) groups is 1. The number of benzene rings is 1. The fourth-order valence-corrected chi connectivity index (χ4v) is 2.60. The van der Waals surface area contributed by atoms with E-state index in [9.17, 15) is 5.11 Å². The first-order valence-electron chi connectivity index (χ1n) is 6.19. The zero-order valence-corrected chi connectivity index (χ0v) is 12.5. The highest BCUT2D eigenvalue weighted by Gasteiger charge is 2.17. The zero-order valence-electron chi connectivity index (χ0n) is 11.7. The highest BCUT2D eigenvalue weighted by Crippen LogP contribution is 2.26. The lowest BCUT2D eigenvalue weighted by Crippen LogP contribution is -2.22. The number of hydrogen-bond acceptors (Lipinski definition) is 4. The average molecular weight is 277 g/mol. The molecule has 0 aliphatic carbocycles. The Morgan fingerprint density at radius 3 is 2.58 bits per heavy atom. The number of aromatic nitrogens is 3. The van der Waals surface area contributed by atoms with Crippen molar-refractivity contribution < 1.29 is 5.11 Å². The van der Waals surface area contributed by atoms with Crippen LogP contribution in [0.2, 0.25) is 0 Å². The maximum absolute atomic E-state index is 9.76. The molecule has 1 heterocycles. The van der Waals surface area contributed by atoms with E-state index in [0.717, 1.165) is 16.5 Å². The van der Waals surface area contributed by atoms with Gasteiger partial charge >= 0.3 is 0 Å². The number of rotatable bonds is 4. The van der Waals surface area contributed by atoms with Crippen molar-refractivity contribution in [3.63, 3.8) is 0 Å². The van der Waals surface area contributed by atoms with E-state index in [1.165, 1.54) is 17.3 Å². The van der Waals surface area contributed by atoms with Gasteiger partial charge in [0.15, 0.2) is 11.0 Å².